The van der Waals surface area contributed by atoms with Crippen LogP contribution in [0.4, 0.5) is 10.8 Å². The number of nitrogens with one attached hydrogen (secondary N) is 1. The van der Waals surface area contributed by atoms with E-state index in [0.717, 1.165) is 5.56 Å². The molecule has 0 spiro atoms. The lowest BCUT2D eigenvalue weighted by Gasteiger charge is -2.04. The van der Waals surface area contributed by atoms with Crippen molar-refractivity contribution in [1.82, 2.24) is 4.98 Å². The monoisotopic (exact) mass is 397 g/mol. The molecule has 1 heterocycles. The van der Waals surface area contributed by atoms with Gasteiger partial charge in [-0.2, -0.15) is 0 Å². The Morgan fingerprint density at radius 1 is 1.14 bits per heavy atom. The molecular weight excluding hydrogens is 382 g/mol. The minimum Gasteiger partial charge on any atom is -0.455 e. The summed E-state index contributed by atoms with van der Waals surface area (Å²) in [4.78, 5) is 38.3. The predicted octanol–water partition coefficient (Wildman–Crippen LogP) is 3.44. The summed E-state index contributed by atoms with van der Waals surface area (Å²) in [5, 5.41) is 15.4. The molecule has 0 aliphatic heterocycles. The van der Waals surface area contributed by atoms with Gasteiger partial charge in [-0.05, 0) is 5.56 Å². The molecule has 9 heteroatoms. The molecule has 0 atom stereocenters. The summed E-state index contributed by atoms with van der Waals surface area (Å²) in [5.74, 6) is -1.01. The fraction of sp³-hybridized carbons (Fsp3) is 0.105. The van der Waals surface area contributed by atoms with Gasteiger partial charge in [0.2, 0.25) is 0 Å². The molecule has 8 nitrogen and oxygen atoms in total. The summed E-state index contributed by atoms with van der Waals surface area (Å²) in [5.41, 5.74) is 1.83. The van der Waals surface area contributed by atoms with Crippen LogP contribution in [0.5, 0.6) is 0 Å². The van der Waals surface area contributed by atoms with E-state index in [0.29, 0.717) is 16.4 Å². The summed E-state index contributed by atoms with van der Waals surface area (Å²) < 4.78 is 4.96. The zero-order chi connectivity index (χ0) is 19.9. The van der Waals surface area contributed by atoms with Crippen LogP contribution in [-0.2, 0) is 20.7 Å². The van der Waals surface area contributed by atoms with Crippen LogP contribution < -0.4 is 5.32 Å². The second kappa shape index (κ2) is 8.87. The summed E-state index contributed by atoms with van der Waals surface area (Å²) in [6, 6.07) is 15.1. The highest BCUT2D eigenvalue weighted by Crippen LogP contribution is 2.27. The fourth-order valence-electron chi connectivity index (χ4n) is 2.36. The molecule has 0 saturated carbocycles. The number of nitrogens with zero attached hydrogens (tertiary/aromatic N) is 2. The van der Waals surface area contributed by atoms with Crippen molar-refractivity contribution >= 4 is 34.0 Å². The molecule has 0 radical (unpaired) electrons. The molecule has 2 aromatic carbocycles. The van der Waals surface area contributed by atoms with Crippen LogP contribution in [0.15, 0.2) is 60.0 Å². The number of hydrogen-bond donors (Lipinski definition) is 1. The Kier molecular flexibility index (Phi) is 6.07. The second-order valence-corrected chi connectivity index (χ2v) is 6.57. The number of nitro benzene ring substituents is 1. The van der Waals surface area contributed by atoms with Crippen molar-refractivity contribution in [3.05, 3.63) is 75.7 Å². The highest BCUT2D eigenvalue weighted by Gasteiger charge is 2.13. The maximum absolute atomic E-state index is 11.9. The van der Waals surface area contributed by atoms with Crippen molar-refractivity contribution in [2.75, 3.05) is 11.9 Å². The van der Waals surface area contributed by atoms with E-state index in [1.165, 1.54) is 23.5 Å². The lowest BCUT2D eigenvalue weighted by Crippen LogP contribution is -2.21. The first-order chi connectivity index (χ1) is 13.5. The second-order valence-electron chi connectivity index (χ2n) is 5.72. The standard InChI is InChI=1S/C19H15N3O5S/c23-17(11-27-18(24)9-13-5-2-1-3-6-13)21-19-20-16(12-28-19)14-7-4-8-15(10-14)22(25)26/h1-8,10,12H,9,11H2,(H,20,21,23). The summed E-state index contributed by atoms with van der Waals surface area (Å²) in [7, 11) is 0. The van der Waals surface area contributed by atoms with Gasteiger partial charge in [-0.3, -0.25) is 25.0 Å². The molecule has 142 valence electrons. The molecule has 3 aromatic rings. The maximum atomic E-state index is 11.9. The number of non-ortho nitro benzene ring substituents is 1. The van der Waals surface area contributed by atoms with Crippen LogP contribution in [-0.4, -0.2) is 28.4 Å². The van der Waals surface area contributed by atoms with Gasteiger partial charge in [-0.25, -0.2) is 4.98 Å². The number of carbonyl (C=O) groups excluding carboxylic acids is 2. The molecule has 0 saturated heterocycles. The highest BCUT2D eigenvalue weighted by atomic mass is 32.1. The van der Waals surface area contributed by atoms with E-state index in [-0.39, 0.29) is 12.1 Å². The summed E-state index contributed by atoms with van der Waals surface area (Å²) >= 11 is 1.17. The minimum atomic E-state index is -0.513. The Bertz CT molecular complexity index is 1000. The number of ether oxygens (including phenoxy) is 1. The van der Waals surface area contributed by atoms with Crippen LogP contribution in [0.25, 0.3) is 11.3 Å². The average molecular weight is 397 g/mol. The Balaban J connectivity index is 1.53. The Morgan fingerprint density at radius 2 is 1.93 bits per heavy atom. The maximum Gasteiger partial charge on any atom is 0.310 e. The molecule has 0 fully saturated rings. The lowest BCUT2D eigenvalue weighted by atomic mass is 10.1. The van der Waals surface area contributed by atoms with Gasteiger partial charge < -0.3 is 4.74 Å². The van der Waals surface area contributed by atoms with Gasteiger partial charge in [0, 0.05) is 23.1 Å². The number of rotatable bonds is 7. The van der Waals surface area contributed by atoms with E-state index in [4.69, 9.17) is 4.74 Å². The minimum absolute atomic E-state index is 0.0404. The van der Waals surface area contributed by atoms with Crippen LogP contribution in [0, 0.1) is 10.1 Å². The van der Waals surface area contributed by atoms with Gasteiger partial charge in [0.15, 0.2) is 11.7 Å². The number of nitro groups is 1. The van der Waals surface area contributed by atoms with Gasteiger partial charge in [0.05, 0.1) is 17.0 Å². The van der Waals surface area contributed by atoms with Gasteiger partial charge in [-0.15, -0.1) is 11.3 Å². The summed E-state index contributed by atoms with van der Waals surface area (Å²) in [6.07, 6.45) is 0.0856. The molecule has 1 N–H and O–H groups in total. The number of aromatic nitrogens is 1. The van der Waals surface area contributed by atoms with Gasteiger partial charge in [0.1, 0.15) is 0 Å². The highest BCUT2D eigenvalue weighted by molar-refractivity contribution is 7.14. The fourth-order valence-corrected chi connectivity index (χ4v) is 3.09. The predicted molar refractivity (Wildman–Crippen MR) is 104 cm³/mol. The van der Waals surface area contributed by atoms with Crippen molar-refractivity contribution < 1.29 is 19.2 Å². The van der Waals surface area contributed by atoms with Gasteiger partial charge in [-0.1, -0.05) is 42.5 Å². The number of benzene rings is 2. The molecular formula is C19H15N3O5S. The number of hydrogen-bond acceptors (Lipinski definition) is 7. The van der Waals surface area contributed by atoms with Crippen molar-refractivity contribution in [3.63, 3.8) is 0 Å². The zero-order valence-corrected chi connectivity index (χ0v) is 15.3. The first-order valence-electron chi connectivity index (χ1n) is 8.21. The van der Waals surface area contributed by atoms with Crippen LogP contribution in [0.3, 0.4) is 0 Å². The largest absolute Gasteiger partial charge is 0.455 e. The molecule has 0 unspecified atom stereocenters. The average Bonchev–Trinajstić information content (AvgIpc) is 3.16. The van der Waals surface area contributed by atoms with E-state index < -0.39 is 23.4 Å². The SMILES string of the molecule is O=C(COC(=O)Cc1ccccc1)Nc1nc(-c2cccc([N+](=O)[O-])c2)cs1. The van der Waals surface area contributed by atoms with Crippen LogP contribution in [0.2, 0.25) is 0 Å². The number of esters is 1. The van der Waals surface area contributed by atoms with E-state index in [2.05, 4.69) is 10.3 Å². The van der Waals surface area contributed by atoms with Gasteiger partial charge >= 0.3 is 5.97 Å². The molecule has 3 rings (SSSR count). The van der Waals surface area contributed by atoms with Gasteiger partial charge in [0.25, 0.3) is 11.6 Å². The van der Waals surface area contributed by atoms with Crippen LogP contribution >= 0.6 is 11.3 Å². The Morgan fingerprint density at radius 3 is 2.68 bits per heavy atom. The normalized spacial score (nSPS) is 10.3. The smallest absolute Gasteiger partial charge is 0.310 e. The zero-order valence-electron chi connectivity index (χ0n) is 14.5. The molecule has 28 heavy (non-hydrogen) atoms. The first kappa shape index (κ1) is 19.2. The Hall–Kier alpha value is -3.59. The van der Waals surface area contributed by atoms with E-state index in [1.54, 1.807) is 29.6 Å². The number of thiazole rings is 1. The lowest BCUT2D eigenvalue weighted by molar-refractivity contribution is -0.384. The summed E-state index contributed by atoms with van der Waals surface area (Å²) in [6.45, 7) is -0.419. The van der Waals surface area contributed by atoms with Crippen LogP contribution in [0.1, 0.15) is 5.56 Å². The van der Waals surface area contributed by atoms with E-state index in [9.17, 15) is 19.7 Å². The molecule has 1 amide bonds. The molecule has 0 aliphatic rings. The quantitative estimate of drug-likeness (QED) is 0.371. The van der Waals surface area contributed by atoms with Crippen molar-refractivity contribution in [1.29, 1.82) is 0 Å². The van der Waals surface area contributed by atoms with Crippen molar-refractivity contribution in [3.8, 4) is 11.3 Å². The number of carbonyl (C=O) groups is 2. The topological polar surface area (TPSA) is 111 Å². The molecule has 0 aliphatic carbocycles. The number of amides is 1. The third kappa shape index (κ3) is 5.21. The third-order valence-electron chi connectivity index (χ3n) is 3.66. The van der Waals surface area contributed by atoms with Crippen molar-refractivity contribution in [2.45, 2.75) is 6.42 Å². The Labute approximate surface area is 164 Å². The molecule has 0 bridgehead atoms. The van der Waals surface area contributed by atoms with Crippen molar-refractivity contribution in [2.24, 2.45) is 0 Å². The first-order valence-corrected chi connectivity index (χ1v) is 9.09. The third-order valence-corrected chi connectivity index (χ3v) is 4.42. The van der Waals surface area contributed by atoms with E-state index in [1.807, 2.05) is 18.2 Å². The number of anilines is 1. The van der Waals surface area contributed by atoms with E-state index >= 15 is 0 Å². The molecule has 1 aromatic heterocycles.